The summed E-state index contributed by atoms with van der Waals surface area (Å²) in [7, 11) is 0. The zero-order valence-electron chi connectivity index (χ0n) is 21.4. The number of aliphatic hydroxyl groups is 1. The van der Waals surface area contributed by atoms with Crippen LogP contribution in [0.1, 0.15) is 34.0 Å². The minimum Gasteiger partial charge on any atom is -0.506 e. The highest BCUT2D eigenvalue weighted by atomic mass is 79.9. The van der Waals surface area contributed by atoms with Gasteiger partial charge in [0.15, 0.2) is 0 Å². The second-order valence-electron chi connectivity index (χ2n) is 8.54. The van der Waals surface area contributed by atoms with Crippen LogP contribution in [0.4, 0.5) is 5.69 Å². The Labute approximate surface area is 242 Å². The van der Waals surface area contributed by atoms with Gasteiger partial charge in [-0.2, -0.15) is 0 Å². The summed E-state index contributed by atoms with van der Waals surface area (Å²) in [4.78, 5) is 40.6. The van der Waals surface area contributed by atoms with E-state index < -0.39 is 16.8 Å². The fraction of sp³-hybridized carbons (Fsp3) is 0.138. The second kappa shape index (κ2) is 12.8. The van der Waals surface area contributed by atoms with Gasteiger partial charge in [0.25, 0.3) is 11.6 Å². The van der Waals surface area contributed by atoms with Crippen molar-refractivity contribution >= 4 is 56.4 Å². The van der Waals surface area contributed by atoms with E-state index in [1.807, 2.05) is 6.92 Å². The van der Waals surface area contributed by atoms with Gasteiger partial charge < -0.3 is 14.6 Å². The fourth-order valence-corrected chi connectivity index (χ4v) is 5.05. The predicted molar refractivity (Wildman–Crippen MR) is 156 cm³/mol. The zero-order valence-corrected chi connectivity index (χ0v) is 23.8. The van der Waals surface area contributed by atoms with E-state index in [1.165, 1.54) is 12.1 Å². The Bertz CT molecular complexity index is 1580. The Morgan fingerprint density at radius 3 is 2.58 bits per heavy atom. The molecule has 1 heterocycles. The number of esters is 1. The van der Waals surface area contributed by atoms with Gasteiger partial charge in [-0.3, -0.25) is 14.9 Å². The van der Waals surface area contributed by atoms with Crippen molar-refractivity contribution in [1.29, 1.82) is 0 Å². The van der Waals surface area contributed by atoms with E-state index in [0.717, 1.165) is 21.8 Å². The topological polar surface area (TPSA) is 128 Å². The summed E-state index contributed by atoms with van der Waals surface area (Å²) in [6.45, 7) is 3.66. The van der Waals surface area contributed by atoms with E-state index >= 15 is 0 Å². The number of hydrogen-bond acceptors (Lipinski definition) is 8. The molecule has 1 N–H and O–H groups in total. The molecule has 11 heteroatoms. The van der Waals surface area contributed by atoms with Gasteiger partial charge in [0, 0.05) is 27.7 Å². The molecule has 4 rings (SSSR count). The summed E-state index contributed by atoms with van der Waals surface area (Å²) in [6, 6.07) is 18.2. The number of halogens is 1. The molecule has 1 aliphatic rings. The number of carbonyl (C=O) groups is 2. The summed E-state index contributed by atoms with van der Waals surface area (Å²) in [5, 5.41) is 22.1. The van der Waals surface area contributed by atoms with Crippen LogP contribution >= 0.6 is 27.7 Å². The van der Waals surface area contributed by atoms with E-state index in [-0.39, 0.29) is 40.2 Å². The van der Waals surface area contributed by atoms with Crippen LogP contribution in [0, 0.1) is 17.0 Å². The maximum Gasteiger partial charge on any atom is 0.344 e. The Hall–Kier alpha value is -4.22. The molecule has 1 aliphatic heterocycles. The number of hydrogen-bond donors (Lipinski definition) is 1. The Kier molecular flexibility index (Phi) is 9.18. The molecule has 0 bridgehead atoms. The number of nitrogens with zero attached hydrogens (tertiary/aromatic N) is 2. The number of amides is 1. The van der Waals surface area contributed by atoms with Crippen LogP contribution in [0.2, 0.25) is 0 Å². The molecule has 0 saturated heterocycles. The van der Waals surface area contributed by atoms with Crippen molar-refractivity contribution in [1.82, 2.24) is 0 Å². The van der Waals surface area contributed by atoms with Crippen LogP contribution in [-0.4, -0.2) is 33.6 Å². The van der Waals surface area contributed by atoms with Crippen molar-refractivity contribution in [3.63, 3.8) is 0 Å². The monoisotopic (exact) mass is 622 g/mol. The van der Waals surface area contributed by atoms with E-state index in [4.69, 9.17) is 9.47 Å². The Morgan fingerprint density at radius 2 is 1.88 bits per heavy atom. The smallest absolute Gasteiger partial charge is 0.344 e. The number of non-ortho nitro benzene ring substituents is 1. The SMILES string of the molecule is CCOC(=O)C1=C(O)/C(=C/c2cc(Br)ccc2OCc2cccc([N+](=O)[O-])c2)SC1=NC(=O)c1ccc(C)cc1. The number of ether oxygens (including phenoxy) is 2. The third-order valence-electron chi connectivity index (χ3n) is 5.65. The second-order valence-corrected chi connectivity index (χ2v) is 10.5. The van der Waals surface area contributed by atoms with Gasteiger partial charge in [-0.05, 0) is 55.8 Å². The summed E-state index contributed by atoms with van der Waals surface area (Å²) in [5.74, 6) is -1.32. The maximum absolute atomic E-state index is 12.8. The molecule has 1 amide bonds. The van der Waals surface area contributed by atoms with Crippen LogP contribution < -0.4 is 4.74 Å². The lowest BCUT2D eigenvalue weighted by Gasteiger charge is -2.11. The van der Waals surface area contributed by atoms with Crippen LogP contribution in [0.5, 0.6) is 5.75 Å². The van der Waals surface area contributed by atoms with Crippen molar-refractivity contribution in [3.8, 4) is 5.75 Å². The average Bonchev–Trinajstić information content (AvgIpc) is 3.22. The number of thioether (sulfide) groups is 1. The van der Waals surface area contributed by atoms with Gasteiger partial charge >= 0.3 is 5.97 Å². The average molecular weight is 623 g/mol. The quantitative estimate of drug-likeness (QED) is 0.162. The minimum atomic E-state index is -0.803. The van der Waals surface area contributed by atoms with Gasteiger partial charge in [-0.25, -0.2) is 9.79 Å². The number of aryl methyl sites for hydroxylation is 1. The molecule has 0 saturated carbocycles. The van der Waals surface area contributed by atoms with Gasteiger partial charge in [0.1, 0.15) is 28.7 Å². The largest absolute Gasteiger partial charge is 0.506 e. The number of nitro groups is 1. The van der Waals surface area contributed by atoms with Gasteiger partial charge in [-0.1, -0.05) is 57.5 Å². The Morgan fingerprint density at radius 1 is 1.12 bits per heavy atom. The van der Waals surface area contributed by atoms with E-state index in [0.29, 0.717) is 22.4 Å². The van der Waals surface area contributed by atoms with Crippen LogP contribution in [0.3, 0.4) is 0 Å². The maximum atomic E-state index is 12.8. The van der Waals surface area contributed by atoms with Gasteiger partial charge in [-0.15, -0.1) is 0 Å². The highest BCUT2D eigenvalue weighted by Gasteiger charge is 2.34. The van der Waals surface area contributed by atoms with Crippen molar-refractivity contribution in [2.75, 3.05) is 6.61 Å². The first kappa shape index (κ1) is 28.8. The Balaban J connectivity index is 1.67. The first-order valence-electron chi connectivity index (χ1n) is 12.0. The zero-order chi connectivity index (χ0) is 28.8. The van der Waals surface area contributed by atoms with E-state index in [9.17, 15) is 24.8 Å². The van der Waals surface area contributed by atoms with Crippen molar-refractivity contribution < 1.29 is 29.1 Å². The molecule has 9 nitrogen and oxygen atoms in total. The first-order chi connectivity index (χ1) is 19.2. The van der Waals surface area contributed by atoms with Gasteiger partial charge in [0.2, 0.25) is 0 Å². The molecular formula is C29H23BrN2O7S. The standard InChI is InChI=1S/C29H23BrN2O7S/c1-3-38-29(35)25-26(33)24(40-28(25)31-27(34)19-9-7-17(2)8-10-19)15-20-14-21(30)11-12-23(20)39-16-18-5-4-6-22(13-18)32(36)37/h4-15,33H,3,16H2,1-2H3/b24-15-,31-28?. The normalized spacial score (nSPS) is 15.0. The molecule has 0 radical (unpaired) electrons. The summed E-state index contributed by atoms with van der Waals surface area (Å²) in [5.41, 5.74) is 2.21. The number of rotatable bonds is 8. The third-order valence-corrected chi connectivity index (χ3v) is 7.16. The molecule has 0 atom stereocenters. The van der Waals surface area contributed by atoms with Crippen LogP contribution in [-0.2, 0) is 16.1 Å². The lowest BCUT2D eigenvalue weighted by Crippen LogP contribution is -2.14. The molecule has 0 aliphatic carbocycles. The highest BCUT2D eigenvalue weighted by molar-refractivity contribution is 9.10. The highest BCUT2D eigenvalue weighted by Crippen LogP contribution is 2.40. The predicted octanol–water partition coefficient (Wildman–Crippen LogP) is 6.95. The first-order valence-corrected chi connectivity index (χ1v) is 13.6. The lowest BCUT2D eigenvalue weighted by atomic mass is 10.1. The van der Waals surface area contributed by atoms with Crippen molar-refractivity contribution in [2.45, 2.75) is 20.5 Å². The summed E-state index contributed by atoms with van der Waals surface area (Å²) >= 11 is 4.39. The number of nitro benzene ring substituents is 1. The van der Waals surface area contributed by atoms with Crippen LogP contribution in [0.15, 0.2) is 92.4 Å². The summed E-state index contributed by atoms with van der Waals surface area (Å²) < 4.78 is 11.8. The third kappa shape index (κ3) is 6.85. The molecule has 0 unspecified atom stereocenters. The number of carbonyl (C=O) groups excluding carboxylic acids is 2. The molecule has 3 aromatic rings. The number of benzene rings is 3. The molecule has 204 valence electrons. The minimum absolute atomic E-state index is 0.0156. The summed E-state index contributed by atoms with van der Waals surface area (Å²) in [6.07, 6.45) is 1.60. The molecule has 3 aromatic carbocycles. The molecule has 40 heavy (non-hydrogen) atoms. The van der Waals surface area contributed by atoms with Crippen molar-refractivity contribution in [2.24, 2.45) is 4.99 Å². The molecule has 0 aromatic heterocycles. The molecule has 0 fully saturated rings. The number of aliphatic imine (C=N–C) groups is 1. The van der Waals surface area contributed by atoms with Gasteiger partial charge in [0.05, 0.1) is 16.4 Å². The van der Waals surface area contributed by atoms with Crippen molar-refractivity contribution in [3.05, 3.63) is 120 Å². The van der Waals surface area contributed by atoms with E-state index in [2.05, 4.69) is 20.9 Å². The van der Waals surface area contributed by atoms with E-state index in [1.54, 1.807) is 67.6 Å². The fourth-order valence-electron chi connectivity index (χ4n) is 3.67. The number of aliphatic hydroxyl groups excluding tert-OH is 1. The molecule has 0 spiro atoms. The lowest BCUT2D eigenvalue weighted by molar-refractivity contribution is -0.384. The molecular weight excluding hydrogens is 600 g/mol. The van der Waals surface area contributed by atoms with Crippen LogP contribution in [0.25, 0.3) is 6.08 Å².